The first kappa shape index (κ1) is 16.8. The molecule has 1 rings (SSSR count). The molecule has 0 amide bonds. The zero-order valence-electron chi connectivity index (χ0n) is 13.0. The van der Waals surface area contributed by atoms with Crippen LogP contribution in [0.4, 0.5) is 0 Å². The number of esters is 1. The average Bonchev–Trinajstić information content (AvgIpc) is 2.79. The van der Waals surface area contributed by atoms with E-state index < -0.39 is 5.54 Å². The molecule has 4 heteroatoms. The van der Waals surface area contributed by atoms with E-state index in [-0.39, 0.29) is 5.97 Å². The molecule has 0 heterocycles. The molecule has 0 aromatic heterocycles. The van der Waals surface area contributed by atoms with Crippen molar-refractivity contribution in [1.82, 2.24) is 5.32 Å². The fourth-order valence-electron chi connectivity index (χ4n) is 2.55. The van der Waals surface area contributed by atoms with E-state index in [1.54, 1.807) is 0 Å². The Bertz CT molecular complexity index is 296. The average molecular weight is 287 g/mol. The molecule has 3 nitrogen and oxygen atoms in total. The van der Waals surface area contributed by atoms with Gasteiger partial charge in [0.2, 0.25) is 0 Å². The van der Waals surface area contributed by atoms with E-state index in [0.29, 0.717) is 16.4 Å². The SMILES string of the molecule is CCCNC1(C(=O)OC)CCC(SC(C)C(C)C)C1. The van der Waals surface area contributed by atoms with Gasteiger partial charge in [-0.1, -0.05) is 27.7 Å². The number of hydrogen-bond acceptors (Lipinski definition) is 4. The minimum atomic E-state index is -0.431. The molecule has 0 bridgehead atoms. The lowest BCUT2D eigenvalue weighted by Crippen LogP contribution is -2.51. The Morgan fingerprint density at radius 1 is 1.47 bits per heavy atom. The summed E-state index contributed by atoms with van der Waals surface area (Å²) in [7, 11) is 1.49. The normalized spacial score (nSPS) is 28.6. The first-order valence-electron chi connectivity index (χ1n) is 7.44. The standard InChI is InChI=1S/C15H29NO2S/c1-6-9-16-15(14(17)18-5)8-7-13(10-15)19-12(4)11(2)3/h11-13,16H,6-10H2,1-5H3. The van der Waals surface area contributed by atoms with Gasteiger partial charge in [-0.3, -0.25) is 4.79 Å². The predicted molar refractivity (Wildman–Crippen MR) is 82.6 cm³/mol. The van der Waals surface area contributed by atoms with Crippen molar-refractivity contribution in [2.45, 2.75) is 69.4 Å². The summed E-state index contributed by atoms with van der Waals surface area (Å²) in [5, 5.41) is 4.65. The molecule has 0 aromatic carbocycles. The highest BCUT2D eigenvalue weighted by atomic mass is 32.2. The fourth-order valence-corrected chi connectivity index (χ4v) is 4.11. The molecule has 1 aliphatic rings. The molecule has 1 aliphatic carbocycles. The quantitative estimate of drug-likeness (QED) is 0.730. The van der Waals surface area contributed by atoms with Crippen molar-refractivity contribution in [2.24, 2.45) is 5.92 Å². The summed E-state index contributed by atoms with van der Waals surface area (Å²) in [6, 6.07) is 0. The van der Waals surface area contributed by atoms with Crippen molar-refractivity contribution >= 4 is 17.7 Å². The van der Waals surface area contributed by atoms with Crippen LogP contribution in [-0.2, 0) is 9.53 Å². The summed E-state index contributed by atoms with van der Waals surface area (Å²) >= 11 is 2.03. The topological polar surface area (TPSA) is 38.3 Å². The van der Waals surface area contributed by atoms with Gasteiger partial charge in [-0.2, -0.15) is 11.8 Å². The van der Waals surface area contributed by atoms with Crippen molar-refractivity contribution in [2.75, 3.05) is 13.7 Å². The number of carbonyl (C=O) groups is 1. The van der Waals surface area contributed by atoms with Gasteiger partial charge in [-0.15, -0.1) is 0 Å². The van der Waals surface area contributed by atoms with Crippen molar-refractivity contribution in [3.8, 4) is 0 Å². The minimum Gasteiger partial charge on any atom is -0.468 e. The van der Waals surface area contributed by atoms with Gasteiger partial charge in [0.25, 0.3) is 0 Å². The van der Waals surface area contributed by atoms with Gasteiger partial charge in [0.15, 0.2) is 0 Å². The second-order valence-corrected chi connectivity index (χ2v) is 7.63. The molecule has 3 unspecified atom stereocenters. The van der Waals surface area contributed by atoms with E-state index in [4.69, 9.17) is 4.74 Å². The maximum Gasteiger partial charge on any atom is 0.326 e. The van der Waals surface area contributed by atoms with Crippen LogP contribution >= 0.6 is 11.8 Å². The monoisotopic (exact) mass is 287 g/mol. The Labute approximate surface area is 122 Å². The lowest BCUT2D eigenvalue weighted by molar-refractivity contribution is -0.148. The lowest BCUT2D eigenvalue weighted by atomic mass is 9.97. The van der Waals surface area contributed by atoms with Crippen LogP contribution < -0.4 is 5.32 Å². The van der Waals surface area contributed by atoms with E-state index in [0.717, 1.165) is 32.2 Å². The van der Waals surface area contributed by atoms with Crippen LogP contribution in [0.5, 0.6) is 0 Å². The van der Waals surface area contributed by atoms with Crippen molar-refractivity contribution in [3.05, 3.63) is 0 Å². The zero-order chi connectivity index (χ0) is 14.5. The molecule has 1 saturated carbocycles. The van der Waals surface area contributed by atoms with Crippen LogP contribution in [-0.4, -0.2) is 35.7 Å². The predicted octanol–water partition coefficient (Wildman–Crippen LogP) is 3.23. The Morgan fingerprint density at radius 3 is 2.68 bits per heavy atom. The van der Waals surface area contributed by atoms with Crippen LogP contribution in [0, 0.1) is 5.92 Å². The molecule has 0 saturated heterocycles. The second-order valence-electron chi connectivity index (χ2n) is 5.95. The van der Waals surface area contributed by atoms with Crippen molar-refractivity contribution in [3.63, 3.8) is 0 Å². The van der Waals surface area contributed by atoms with Crippen molar-refractivity contribution < 1.29 is 9.53 Å². The largest absolute Gasteiger partial charge is 0.468 e. The summed E-state index contributed by atoms with van der Waals surface area (Å²) in [5.74, 6) is 0.600. The van der Waals surface area contributed by atoms with Gasteiger partial charge in [0, 0.05) is 10.5 Å². The Kier molecular flexibility index (Phi) is 6.67. The number of rotatable bonds is 7. The van der Waals surface area contributed by atoms with Crippen LogP contribution in [0.25, 0.3) is 0 Å². The third-order valence-electron chi connectivity index (χ3n) is 4.10. The molecule has 0 aliphatic heterocycles. The van der Waals surface area contributed by atoms with Gasteiger partial charge in [-0.25, -0.2) is 0 Å². The number of hydrogen-bond donors (Lipinski definition) is 1. The highest BCUT2D eigenvalue weighted by Crippen LogP contribution is 2.40. The maximum absolute atomic E-state index is 12.1. The van der Waals surface area contributed by atoms with Crippen LogP contribution in [0.3, 0.4) is 0 Å². The molecule has 19 heavy (non-hydrogen) atoms. The first-order chi connectivity index (χ1) is 8.95. The lowest BCUT2D eigenvalue weighted by Gasteiger charge is -2.28. The number of ether oxygens (including phenoxy) is 1. The summed E-state index contributed by atoms with van der Waals surface area (Å²) in [4.78, 5) is 12.1. The number of thioether (sulfide) groups is 1. The Morgan fingerprint density at radius 2 is 2.16 bits per heavy atom. The van der Waals surface area contributed by atoms with Gasteiger partial charge >= 0.3 is 5.97 Å². The molecule has 112 valence electrons. The van der Waals surface area contributed by atoms with Gasteiger partial charge in [0.1, 0.15) is 5.54 Å². The van der Waals surface area contributed by atoms with Crippen LogP contribution in [0.2, 0.25) is 0 Å². The Hall–Kier alpha value is -0.220. The second kappa shape index (κ2) is 7.53. The summed E-state index contributed by atoms with van der Waals surface area (Å²) in [6.45, 7) is 9.81. The third kappa shape index (κ3) is 4.38. The smallest absolute Gasteiger partial charge is 0.326 e. The minimum absolute atomic E-state index is 0.0822. The van der Waals surface area contributed by atoms with E-state index in [2.05, 4.69) is 33.0 Å². The van der Waals surface area contributed by atoms with E-state index in [9.17, 15) is 4.79 Å². The molecular formula is C15H29NO2S. The van der Waals surface area contributed by atoms with E-state index in [1.165, 1.54) is 7.11 Å². The number of nitrogens with one attached hydrogen (secondary N) is 1. The number of methoxy groups -OCH3 is 1. The fraction of sp³-hybridized carbons (Fsp3) is 0.933. The zero-order valence-corrected chi connectivity index (χ0v) is 13.8. The van der Waals surface area contributed by atoms with Crippen molar-refractivity contribution in [1.29, 1.82) is 0 Å². The molecule has 0 radical (unpaired) electrons. The van der Waals surface area contributed by atoms with Gasteiger partial charge in [0.05, 0.1) is 7.11 Å². The van der Waals surface area contributed by atoms with Gasteiger partial charge < -0.3 is 10.1 Å². The number of carbonyl (C=O) groups excluding carboxylic acids is 1. The molecule has 1 N–H and O–H groups in total. The summed E-state index contributed by atoms with van der Waals surface area (Å²) in [6.07, 6.45) is 3.95. The summed E-state index contributed by atoms with van der Waals surface area (Å²) in [5.41, 5.74) is -0.431. The summed E-state index contributed by atoms with van der Waals surface area (Å²) < 4.78 is 5.02. The molecule has 1 fully saturated rings. The molecule has 0 aromatic rings. The van der Waals surface area contributed by atoms with Crippen LogP contribution in [0.15, 0.2) is 0 Å². The van der Waals surface area contributed by atoms with Gasteiger partial charge in [-0.05, 0) is 38.1 Å². The van der Waals surface area contributed by atoms with E-state index >= 15 is 0 Å². The highest BCUT2D eigenvalue weighted by Gasteiger charge is 2.46. The molecular weight excluding hydrogens is 258 g/mol. The van der Waals surface area contributed by atoms with E-state index in [1.807, 2.05) is 11.8 Å². The Balaban J connectivity index is 2.63. The highest BCUT2D eigenvalue weighted by molar-refractivity contribution is 8.00. The molecule has 0 spiro atoms. The van der Waals surface area contributed by atoms with Crippen LogP contribution in [0.1, 0.15) is 53.4 Å². The first-order valence-corrected chi connectivity index (χ1v) is 8.38. The molecule has 3 atom stereocenters. The maximum atomic E-state index is 12.1. The third-order valence-corrected chi connectivity index (χ3v) is 5.87.